The van der Waals surface area contributed by atoms with Gasteiger partial charge in [-0.05, 0) is 60.0 Å². The minimum absolute atomic E-state index is 0.197. The molecular weight excluding hydrogens is 455 g/mol. The maximum absolute atomic E-state index is 13.6. The van der Waals surface area contributed by atoms with Gasteiger partial charge in [-0.2, -0.15) is 0 Å². The van der Waals surface area contributed by atoms with Gasteiger partial charge in [0.2, 0.25) is 10.0 Å². The summed E-state index contributed by atoms with van der Waals surface area (Å²) in [5.74, 6) is -0.286. The average Bonchev–Trinajstić information content (AvgIpc) is 3.31. The van der Waals surface area contributed by atoms with Gasteiger partial charge in [-0.15, -0.1) is 0 Å². The quantitative estimate of drug-likeness (QED) is 0.394. The first kappa shape index (κ1) is 22.0. The van der Waals surface area contributed by atoms with Crippen LogP contribution in [0.5, 0.6) is 0 Å². The molecule has 0 saturated heterocycles. The molecular formula is C25H23FN4O3S. The number of nitrogens with zero attached hydrogens (tertiary/aromatic N) is 2. The van der Waals surface area contributed by atoms with E-state index in [1.54, 1.807) is 29.9 Å². The van der Waals surface area contributed by atoms with Crippen LogP contribution < -0.4 is 10.3 Å². The van der Waals surface area contributed by atoms with Gasteiger partial charge in [0, 0.05) is 48.5 Å². The molecule has 3 aromatic heterocycles. The number of halogens is 1. The summed E-state index contributed by atoms with van der Waals surface area (Å²) in [7, 11) is -1.73. The normalized spacial score (nSPS) is 12.0. The van der Waals surface area contributed by atoms with Crippen LogP contribution in [-0.4, -0.2) is 28.8 Å². The summed E-state index contributed by atoms with van der Waals surface area (Å²) in [6, 6.07) is 12.2. The van der Waals surface area contributed by atoms with Crippen LogP contribution in [0.25, 0.3) is 32.9 Å². The van der Waals surface area contributed by atoms with E-state index in [0.717, 1.165) is 44.8 Å². The maximum atomic E-state index is 13.6. The van der Waals surface area contributed by atoms with Gasteiger partial charge in [-0.1, -0.05) is 6.07 Å². The highest BCUT2D eigenvalue weighted by molar-refractivity contribution is 7.92. The number of aryl methyl sites for hydroxylation is 2. The number of aromatic amines is 1. The van der Waals surface area contributed by atoms with Crippen molar-refractivity contribution in [1.29, 1.82) is 0 Å². The third-order valence-corrected chi connectivity index (χ3v) is 6.63. The van der Waals surface area contributed by atoms with E-state index in [0.29, 0.717) is 17.7 Å². The predicted molar refractivity (Wildman–Crippen MR) is 133 cm³/mol. The monoisotopic (exact) mass is 478 g/mol. The second-order valence-electron chi connectivity index (χ2n) is 8.57. The minimum atomic E-state index is -3.53. The summed E-state index contributed by atoms with van der Waals surface area (Å²) in [4.78, 5) is 15.1. The molecule has 7 nitrogen and oxygen atoms in total. The van der Waals surface area contributed by atoms with Crippen LogP contribution in [0, 0.1) is 12.7 Å². The molecule has 0 amide bonds. The van der Waals surface area contributed by atoms with Crippen molar-refractivity contribution in [3.63, 3.8) is 0 Å². The summed E-state index contributed by atoms with van der Waals surface area (Å²) in [6.07, 6.45) is 6.46. The van der Waals surface area contributed by atoms with E-state index < -0.39 is 10.0 Å². The molecule has 5 rings (SSSR count). The van der Waals surface area contributed by atoms with E-state index in [2.05, 4.69) is 9.71 Å². The Morgan fingerprint density at radius 2 is 1.88 bits per heavy atom. The van der Waals surface area contributed by atoms with Crippen molar-refractivity contribution in [2.45, 2.75) is 13.5 Å². The lowest BCUT2D eigenvalue weighted by Crippen LogP contribution is -2.10. The summed E-state index contributed by atoms with van der Waals surface area (Å²) >= 11 is 0. The number of rotatable bonds is 5. The van der Waals surface area contributed by atoms with Gasteiger partial charge >= 0.3 is 0 Å². The van der Waals surface area contributed by atoms with Gasteiger partial charge in [0.1, 0.15) is 11.3 Å². The lowest BCUT2D eigenvalue weighted by molar-refractivity contribution is 0.607. The minimum Gasteiger partial charge on any atom is -0.345 e. The first-order chi connectivity index (χ1) is 16.1. The highest BCUT2D eigenvalue weighted by Crippen LogP contribution is 2.36. The second-order valence-corrected chi connectivity index (χ2v) is 10.3. The standard InChI is InChI=1S/C25H23FN4O3S/c1-15-10-18(26)5-4-16(15)13-30-9-7-20-22(28-34(3,32)33)11-17(12-23(20)30)21-14-29(2)24-19(21)6-8-27-25(24)31/h4-12,14,28H,13H2,1-3H3,(H,27,31). The third-order valence-electron chi connectivity index (χ3n) is 6.04. The Hall–Kier alpha value is -3.85. The molecule has 0 aliphatic rings. The van der Waals surface area contributed by atoms with Gasteiger partial charge < -0.3 is 14.1 Å². The summed E-state index contributed by atoms with van der Waals surface area (Å²) < 4.78 is 44.2. The lowest BCUT2D eigenvalue weighted by atomic mass is 10.0. The zero-order valence-electron chi connectivity index (χ0n) is 18.9. The zero-order chi connectivity index (χ0) is 24.2. The Morgan fingerprint density at radius 3 is 2.62 bits per heavy atom. The fourth-order valence-electron chi connectivity index (χ4n) is 4.49. The topological polar surface area (TPSA) is 88.9 Å². The fourth-order valence-corrected chi connectivity index (χ4v) is 5.06. The van der Waals surface area contributed by atoms with E-state index >= 15 is 0 Å². The molecule has 34 heavy (non-hydrogen) atoms. The Labute approximate surface area is 195 Å². The summed E-state index contributed by atoms with van der Waals surface area (Å²) in [5.41, 5.74) is 4.97. The van der Waals surface area contributed by atoms with E-state index in [-0.39, 0.29) is 11.4 Å². The molecule has 0 spiro atoms. The van der Waals surface area contributed by atoms with E-state index in [4.69, 9.17) is 0 Å². The molecule has 0 radical (unpaired) electrons. The van der Waals surface area contributed by atoms with Crippen molar-refractivity contribution in [1.82, 2.24) is 14.1 Å². The molecule has 0 saturated carbocycles. The first-order valence-electron chi connectivity index (χ1n) is 10.6. The summed E-state index contributed by atoms with van der Waals surface area (Å²) in [6.45, 7) is 2.35. The van der Waals surface area contributed by atoms with Gasteiger partial charge in [-0.25, -0.2) is 12.8 Å². The Kier molecular flexibility index (Phi) is 5.09. The van der Waals surface area contributed by atoms with Gasteiger partial charge in [-0.3, -0.25) is 9.52 Å². The number of hydrogen-bond acceptors (Lipinski definition) is 3. The molecule has 5 aromatic rings. The van der Waals surface area contributed by atoms with Crippen molar-refractivity contribution in [2.24, 2.45) is 7.05 Å². The van der Waals surface area contributed by atoms with Crippen LogP contribution in [0.2, 0.25) is 0 Å². The average molecular weight is 479 g/mol. The summed E-state index contributed by atoms with van der Waals surface area (Å²) in [5, 5.41) is 1.51. The Bertz CT molecular complexity index is 1750. The van der Waals surface area contributed by atoms with Crippen molar-refractivity contribution < 1.29 is 12.8 Å². The first-order valence-corrected chi connectivity index (χ1v) is 12.5. The number of hydrogen-bond donors (Lipinski definition) is 2. The fraction of sp³-hybridized carbons (Fsp3) is 0.160. The largest absolute Gasteiger partial charge is 0.345 e. The van der Waals surface area contributed by atoms with E-state index in [1.807, 2.05) is 42.1 Å². The number of H-pyrrole nitrogens is 1. The second kappa shape index (κ2) is 7.88. The van der Waals surface area contributed by atoms with Gasteiger partial charge in [0.15, 0.2) is 0 Å². The van der Waals surface area contributed by atoms with Crippen LogP contribution in [0.3, 0.4) is 0 Å². The number of anilines is 1. The third kappa shape index (κ3) is 3.88. The number of pyridine rings is 1. The Morgan fingerprint density at radius 1 is 1.09 bits per heavy atom. The Balaban J connectivity index is 1.74. The highest BCUT2D eigenvalue weighted by Gasteiger charge is 2.17. The molecule has 0 atom stereocenters. The smallest absolute Gasteiger partial charge is 0.272 e. The van der Waals surface area contributed by atoms with Crippen molar-refractivity contribution in [3.8, 4) is 11.1 Å². The highest BCUT2D eigenvalue weighted by atomic mass is 32.2. The number of benzene rings is 2. The molecule has 0 fully saturated rings. The van der Waals surface area contributed by atoms with Crippen molar-refractivity contribution in [3.05, 3.63) is 88.4 Å². The number of fused-ring (bicyclic) bond motifs is 2. The van der Waals surface area contributed by atoms with Crippen LogP contribution in [-0.2, 0) is 23.6 Å². The lowest BCUT2D eigenvalue weighted by Gasteiger charge is -2.13. The molecule has 0 aliphatic heterocycles. The molecule has 9 heteroatoms. The van der Waals surface area contributed by atoms with Gasteiger partial charge in [0.05, 0.1) is 17.5 Å². The molecule has 0 unspecified atom stereocenters. The van der Waals surface area contributed by atoms with Crippen LogP contribution >= 0.6 is 0 Å². The molecule has 2 aromatic carbocycles. The van der Waals surface area contributed by atoms with Crippen LogP contribution in [0.15, 0.2) is 65.8 Å². The number of nitrogens with one attached hydrogen (secondary N) is 2. The van der Waals surface area contributed by atoms with Crippen LogP contribution in [0.1, 0.15) is 11.1 Å². The number of sulfonamides is 1. The van der Waals surface area contributed by atoms with E-state index in [9.17, 15) is 17.6 Å². The molecule has 2 N–H and O–H groups in total. The van der Waals surface area contributed by atoms with Gasteiger partial charge in [0.25, 0.3) is 5.56 Å². The van der Waals surface area contributed by atoms with E-state index in [1.165, 1.54) is 12.1 Å². The molecule has 174 valence electrons. The SMILES string of the molecule is Cc1cc(F)ccc1Cn1ccc2c(NS(C)(=O)=O)cc(-c3cn(C)c4c(=O)[nH]ccc34)cc21. The van der Waals surface area contributed by atoms with Crippen molar-refractivity contribution in [2.75, 3.05) is 11.0 Å². The molecule has 0 bridgehead atoms. The van der Waals surface area contributed by atoms with Crippen LogP contribution in [0.4, 0.5) is 10.1 Å². The predicted octanol–water partition coefficient (Wildman–Crippen LogP) is 4.36. The maximum Gasteiger partial charge on any atom is 0.272 e. The molecule has 0 aliphatic carbocycles. The zero-order valence-corrected chi connectivity index (χ0v) is 19.7. The number of aromatic nitrogens is 3. The molecule has 3 heterocycles. The van der Waals surface area contributed by atoms with Crippen molar-refractivity contribution >= 4 is 37.5 Å².